The molecule has 0 radical (unpaired) electrons. The minimum Gasteiger partial charge on any atom is -0.457 e. The van der Waals surface area contributed by atoms with Crippen LogP contribution in [-0.4, -0.2) is 5.78 Å². The summed E-state index contributed by atoms with van der Waals surface area (Å²) in [4.78, 5) is 12.6. The van der Waals surface area contributed by atoms with Crippen molar-refractivity contribution in [2.24, 2.45) is 0 Å². The maximum absolute atomic E-state index is 12.6. The first-order valence-electron chi connectivity index (χ1n) is 12.6. The lowest BCUT2D eigenvalue weighted by atomic mass is 9.99. The van der Waals surface area contributed by atoms with Gasteiger partial charge in [0, 0.05) is 12.0 Å². The molecule has 0 N–H and O–H groups in total. The molecule has 170 valence electrons. The number of carbonyl (C=O) groups excluding carboxylic acids is 1. The van der Waals surface area contributed by atoms with E-state index in [9.17, 15) is 4.79 Å². The molecule has 0 saturated heterocycles. The summed E-state index contributed by atoms with van der Waals surface area (Å²) in [6, 6.07) is 15.5. The van der Waals surface area contributed by atoms with Crippen LogP contribution in [0, 0.1) is 6.92 Å². The van der Waals surface area contributed by atoms with Gasteiger partial charge in [-0.05, 0) is 49.2 Å². The summed E-state index contributed by atoms with van der Waals surface area (Å²) in [5.74, 6) is 1.85. The number of hydrogen-bond donors (Lipinski definition) is 0. The van der Waals surface area contributed by atoms with E-state index in [4.69, 9.17) is 4.74 Å². The molecule has 0 aromatic heterocycles. The van der Waals surface area contributed by atoms with Crippen molar-refractivity contribution in [1.29, 1.82) is 0 Å². The third kappa shape index (κ3) is 10.7. The van der Waals surface area contributed by atoms with E-state index in [1.807, 2.05) is 55.5 Å². The third-order valence-electron chi connectivity index (χ3n) is 5.98. The zero-order valence-electron chi connectivity index (χ0n) is 19.8. The van der Waals surface area contributed by atoms with E-state index in [0.717, 1.165) is 35.5 Å². The van der Waals surface area contributed by atoms with Crippen molar-refractivity contribution in [2.45, 2.75) is 104 Å². The summed E-state index contributed by atoms with van der Waals surface area (Å²) >= 11 is 0. The number of Topliss-reactive ketones (excluding diaryl/α,β-unsaturated/α-hetero) is 1. The number of rotatable bonds is 17. The molecule has 0 fully saturated rings. The fourth-order valence-electron chi connectivity index (χ4n) is 4.08. The Morgan fingerprint density at radius 2 is 1.23 bits per heavy atom. The Labute approximate surface area is 190 Å². The van der Waals surface area contributed by atoms with Crippen LogP contribution in [0.15, 0.2) is 48.5 Å². The highest BCUT2D eigenvalue weighted by molar-refractivity contribution is 5.97. The molecule has 0 aliphatic rings. The minimum absolute atomic E-state index is 0.256. The van der Waals surface area contributed by atoms with Gasteiger partial charge in [-0.2, -0.15) is 0 Å². The van der Waals surface area contributed by atoms with Crippen LogP contribution in [0.3, 0.4) is 0 Å². The zero-order chi connectivity index (χ0) is 22.2. The largest absolute Gasteiger partial charge is 0.457 e. The molecule has 2 nitrogen and oxygen atoms in total. The highest BCUT2D eigenvalue weighted by atomic mass is 16.5. The van der Waals surface area contributed by atoms with Gasteiger partial charge in [0.05, 0.1) is 0 Å². The molecule has 2 aromatic carbocycles. The van der Waals surface area contributed by atoms with E-state index in [-0.39, 0.29) is 5.78 Å². The zero-order valence-corrected chi connectivity index (χ0v) is 19.8. The number of benzene rings is 2. The number of unbranched alkanes of at least 4 members (excludes halogenated alkanes) is 12. The first kappa shape index (κ1) is 25.2. The molecule has 0 bridgehead atoms. The van der Waals surface area contributed by atoms with E-state index in [1.165, 1.54) is 70.6 Å². The molecule has 31 heavy (non-hydrogen) atoms. The maximum Gasteiger partial charge on any atom is 0.163 e. The summed E-state index contributed by atoms with van der Waals surface area (Å²) in [6.45, 7) is 4.27. The average Bonchev–Trinajstić information content (AvgIpc) is 2.77. The van der Waals surface area contributed by atoms with Gasteiger partial charge in [-0.3, -0.25) is 4.79 Å². The fourth-order valence-corrected chi connectivity index (χ4v) is 4.08. The highest BCUT2D eigenvalue weighted by Crippen LogP contribution is 2.24. The number of carbonyl (C=O) groups is 1. The SMILES string of the molecule is CCCCCCCCCCCCCCCC(=O)c1ccc(Oc2ccccc2)cc1C. The van der Waals surface area contributed by atoms with Gasteiger partial charge in [-0.15, -0.1) is 0 Å². The normalized spacial score (nSPS) is 10.9. The maximum atomic E-state index is 12.6. The van der Waals surface area contributed by atoms with E-state index in [0.29, 0.717) is 6.42 Å². The van der Waals surface area contributed by atoms with E-state index < -0.39 is 0 Å². The molecule has 2 aromatic rings. The second kappa shape index (κ2) is 15.7. The third-order valence-corrected chi connectivity index (χ3v) is 5.98. The summed E-state index contributed by atoms with van der Waals surface area (Å²) in [5.41, 5.74) is 1.83. The van der Waals surface area contributed by atoms with Gasteiger partial charge in [0.15, 0.2) is 5.78 Å². The van der Waals surface area contributed by atoms with Crippen LogP contribution in [0.25, 0.3) is 0 Å². The fraction of sp³-hybridized carbons (Fsp3) is 0.552. The number of ether oxygens (including phenoxy) is 1. The van der Waals surface area contributed by atoms with Crippen LogP contribution in [0.4, 0.5) is 0 Å². The van der Waals surface area contributed by atoms with Gasteiger partial charge >= 0.3 is 0 Å². The van der Waals surface area contributed by atoms with Crippen molar-refractivity contribution in [3.8, 4) is 11.5 Å². The van der Waals surface area contributed by atoms with Gasteiger partial charge in [-0.1, -0.05) is 102 Å². The van der Waals surface area contributed by atoms with Crippen molar-refractivity contribution < 1.29 is 9.53 Å². The molecular formula is C29H42O2. The highest BCUT2D eigenvalue weighted by Gasteiger charge is 2.10. The second-order valence-corrected chi connectivity index (χ2v) is 8.81. The molecule has 0 heterocycles. The van der Waals surface area contributed by atoms with Crippen LogP contribution in [0.1, 0.15) is 113 Å². The van der Waals surface area contributed by atoms with Crippen LogP contribution in [0.2, 0.25) is 0 Å². The predicted octanol–water partition coefficient (Wildman–Crippen LogP) is 9.45. The first-order chi connectivity index (χ1) is 15.2. The Kier molecular flexibility index (Phi) is 12.7. The quantitative estimate of drug-likeness (QED) is 0.187. The van der Waals surface area contributed by atoms with Crippen molar-refractivity contribution in [3.63, 3.8) is 0 Å². The van der Waals surface area contributed by atoms with Crippen LogP contribution in [0.5, 0.6) is 11.5 Å². The van der Waals surface area contributed by atoms with Crippen LogP contribution < -0.4 is 4.74 Å². The molecule has 0 amide bonds. The van der Waals surface area contributed by atoms with Gasteiger partial charge in [0.1, 0.15) is 11.5 Å². The number of aryl methyl sites for hydroxylation is 1. The average molecular weight is 423 g/mol. The second-order valence-electron chi connectivity index (χ2n) is 8.81. The molecular weight excluding hydrogens is 380 g/mol. The minimum atomic E-state index is 0.256. The molecule has 0 spiro atoms. The van der Waals surface area contributed by atoms with E-state index in [2.05, 4.69) is 6.92 Å². The van der Waals surface area contributed by atoms with E-state index >= 15 is 0 Å². The van der Waals surface area contributed by atoms with Gasteiger partial charge in [0.25, 0.3) is 0 Å². The lowest BCUT2D eigenvalue weighted by molar-refractivity contribution is 0.0978. The molecule has 0 saturated carbocycles. The van der Waals surface area contributed by atoms with Gasteiger partial charge in [-0.25, -0.2) is 0 Å². The predicted molar refractivity (Wildman–Crippen MR) is 132 cm³/mol. The van der Waals surface area contributed by atoms with Crippen molar-refractivity contribution in [2.75, 3.05) is 0 Å². The Morgan fingerprint density at radius 3 is 1.77 bits per heavy atom. The molecule has 0 unspecified atom stereocenters. The lowest BCUT2D eigenvalue weighted by Gasteiger charge is -2.09. The smallest absolute Gasteiger partial charge is 0.163 e. The van der Waals surface area contributed by atoms with Gasteiger partial charge in [0.2, 0.25) is 0 Å². The van der Waals surface area contributed by atoms with Crippen molar-refractivity contribution >= 4 is 5.78 Å². The number of para-hydroxylation sites is 1. The van der Waals surface area contributed by atoms with Crippen molar-refractivity contribution in [1.82, 2.24) is 0 Å². The topological polar surface area (TPSA) is 26.3 Å². The van der Waals surface area contributed by atoms with Gasteiger partial charge < -0.3 is 4.74 Å². The molecule has 2 rings (SSSR count). The molecule has 0 atom stereocenters. The standard InChI is InChI=1S/C29H42O2/c1-3-4-5-6-7-8-9-10-11-12-13-14-18-21-29(30)28-23-22-27(24-25(28)2)31-26-19-16-15-17-20-26/h15-17,19-20,22-24H,3-14,18,21H2,1-2H3. The Bertz CT molecular complexity index is 736. The molecule has 0 aliphatic carbocycles. The first-order valence-corrected chi connectivity index (χ1v) is 12.6. The Hall–Kier alpha value is -2.09. The molecule has 0 aliphatic heterocycles. The summed E-state index contributed by atoms with van der Waals surface area (Å²) < 4.78 is 5.86. The van der Waals surface area contributed by atoms with Crippen LogP contribution in [-0.2, 0) is 0 Å². The monoisotopic (exact) mass is 422 g/mol. The Balaban J connectivity index is 1.54. The molecule has 2 heteroatoms. The Morgan fingerprint density at radius 1 is 0.677 bits per heavy atom. The van der Waals surface area contributed by atoms with E-state index in [1.54, 1.807) is 0 Å². The summed E-state index contributed by atoms with van der Waals surface area (Å²) in [7, 11) is 0. The number of hydrogen-bond acceptors (Lipinski definition) is 2. The van der Waals surface area contributed by atoms with Crippen molar-refractivity contribution in [3.05, 3.63) is 59.7 Å². The summed E-state index contributed by atoms with van der Waals surface area (Å²) in [5, 5.41) is 0. The lowest BCUT2D eigenvalue weighted by Crippen LogP contribution is -2.02. The van der Waals surface area contributed by atoms with Crippen LogP contribution >= 0.6 is 0 Å². The summed E-state index contributed by atoms with van der Waals surface area (Å²) in [6.07, 6.45) is 17.9. The number of ketones is 1.